The lowest BCUT2D eigenvalue weighted by molar-refractivity contribution is 0.104. The Balaban J connectivity index is 0.00000118. The standard InChI is InChI=1S/C22H22BrFN2O3.C2H6.CH4/c1-2-29-22(28)26-9-7-13(8-10-26)19-16-6-4-15(27)11-14(16)3-5-17-20(24)18(23)12-25-21(17)19;1-2;/h4,6,11-12,27H,2-3,5,7-10H2,1H3;1-2H3;1H4. The molecule has 0 atom stereocenters. The second-order valence-electron chi connectivity index (χ2n) is 7.25. The van der Waals surface area contributed by atoms with Crippen molar-refractivity contribution in [1.29, 1.82) is 0 Å². The third-order valence-corrected chi connectivity index (χ3v) is 6.11. The van der Waals surface area contributed by atoms with E-state index < -0.39 is 0 Å². The summed E-state index contributed by atoms with van der Waals surface area (Å²) < 4.78 is 20.4. The summed E-state index contributed by atoms with van der Waals surface area (Å²) in [6.45, 7) is 7.26. The fraction of sp³-hybridized carbons (Fsp3) is 0.440. The first-order valence-corrected chi connectivity index (χ1v) is 11.6. The Labute approximate surface area is 198 Å². The van der Waals surface area contributed by atoms with Crippen LogP contribution >= 0.6 is 15.9 Å². The van der Waals surface area contributed by atoms with Gasteiger partial charge < -0.3 is 14.7 Å². The van der Waals surface area contributed by atoms with Crippen LogP contribution in [0.25, 0.3) is 5.57 Å². The number of aromatic nitrogens is 1. The van der Waals surface area contributed by atoms with Gasteiger partial charge in [0.25, 0.3) is 0 Å². The summed E-state index contributed by atoms with van der Waals surface area (Å²) in [5.41, 5.74) is 5.29. The minimum atomic E-state index is -0.295. The Hall–Kier alpha value is -2.41. The van der Waals surface area contributed by atoms with Crippen LogP contribution in [0.1, 0.15) is 63.4 Å². The molecule has 1 aromatic heterocycles. The molecule has 4 rings (SSSR count). The smallest absolute Gasteiger partial charge is 0.409 e. The van der Waals surface area contributed by atoms with E-state index in [2.05, 4.69) is 20.9 Å². The number of aromatic hydroxyl groups is 1. The quantitative estimate of drug-likeness (QED) is 0.479. The summed E-state index contributed by atoms with van der Waals surface area (Å²) in [6, 6.07) is 5.30. The van der Waals surface area contributed by atoms with Crippen molar-refractivity contribution in [3.63, 3.8) is 0 Å². The monoisotopic (exact) mass is 506 g/mol. The first-order chi connectivity index (χ1) is 15.0. The molecule has 2 aromatic rings. The zero-order chi connectivity index (χ0) is 22.5. The van der Waals surface area contributed by atoms with Gasteiger partial charge in [0.15, 0.2) is 0 Å². The van der Waals surface area contributed by atoms with Gasteiger partial charge >= 0.3 is 6.09 Å². The number of pyridine rings is 1. The fourth-order valence-electron chi connectivity index (χ4n) is 4.15. The maximum atomic E-state index is 14.9. The number of carbonyl (C=O) groups excluding carboxylic acids is 1. The predicted molar refractivity (Wildman–Crippen MR) is 129 cm³/mol. The number of aryl methyl sites for hydroxylation is 1. The van der Waals surface area contributed by atoms with Gasteiger partial charge in [-0.25, -0.2) is 9.18 Å². The van der Waals surface area contributed by atoms with Crippen molar-refractivity contribution in [1.82, 2.24) is 9.88 Å². The molecule has 1 fully saturated rings. The van der Waals surface area contributed by atoms with Crippen LogP contribution in [-0.4, -0.2) is 40.8 Å². The van der Waals surface area contributed by atoms with E-state index in [0.29, 0.717) is 61.1 Å². The molecule has 0 radical (unpaired) electrons. The summed E-state index contributed by atoms with van der Waals surface area (Å²) in [7, 11) is 0. The molecule has 5 nitrogen and oxygen atoms in total. The van der Waals surface area contributed by atoms with Gasteiger partial charge in [0, 0.05) is 30.4 Å². The summed E-state index contributed by atoms with van der Waals surface area (Å²) in [5, 5.41) is 9.97. The number of phenols is 1. The zero-order valence-electron chi connectivity index (χ0n) is 18.2. The van der Waals surface area contributed by atoms with Crippen LogP contribution < -0.4 is 0 Å². The third-order valence-electron chi connectivity index (χ3n) is 5.55. The number of likely N-dealkylation sites (tertiary alicyclic amines) is 1. The van der Waals surface area contributed by atoms with Crippen molar-refractivity contribution in [2.75, 3.05) is 19.7 Å². The Morgan fingerprint density at radius 1 is 1.22 bits per heavy atom. The summed E-state index contributed by atoms with van der Waals surface area (Å²) in [6.07, 6.45) is 3.69. The average Bonchev–Trinajstić information content (AvgIpc) is 2.95. The summed E-state index contributed by atoms with van der Waals surface area (Å²) in [5.74, 6) is -0.0834. The van der Waals surface area contributed by atoms with Gasteiger partial charge in [-0.15, -0.1) is 0 Å². The van der Waals surface area contributed by atoms with Crippen LogP contribution in [0, 0.1) is 5.82 Å². The number of hydrogen-bond donors (Lipinski definition) is 1. The van der Waals surface area contributed by atoms with Crippen LogP contribution in [0.15, 0.2) is 34.4 Å². The number of fused-ring (bicyclic) bond motifs is 2. The number of ether oxygens (including phenoxy) is 1. The number of benzene rings is 1. The SMILES string of the molecule is C.CC.CCOC(=O)N1CCC(=C2c3ccc(O)cc3CCc3c2ncc(Br)c3F)CC1. The third kappa shape index (κ3) is 5.14. The predicted octanol–water partition coefficient (Wildman–Crippen LogP) is 6.50. The van der Waals surface area contributed by atoms with Crippen LogP contribution in [0.4, 0.5) is 9.18 Å². The molecule has 1 saturated heterocycles. The van der Waals surface area contributed by atoms with Gasteiger partial charge in [0.2, 0.25) is 0 Å². The topological polar surface area (TPSA) is 62.7 Å². The molecule has 32 heavy (non-hydrogen) atoms. The molecule has 2 heterocycles. The Morgan fingerprint density at radius 2 is 1.91 bits per heavy atom. The Morgan fingerprint density at radius 3 is 2.56 bits per heavy atom. The summed E-state index contributed by atoms with van der Waals surface area (Å²) >= 11 is 3.25. The minimum absolute atomic E-state index is 0. The molecule has 0 spiro atoms. The number of carbonyl (C=O) groups is 1. The Bertz CT molecular complexity index is 997. The molecule has 1 aromatic carbocycles. The van der Waals surface area contributed by atoms with E-state index in [1.165, 1.54) is 6.20 Å². The zero-order valence-corrected chi connectivity index (χ0v) is 19.8. The van der Waals surface area contributed by atoms with Gasteiger partial charge in [-0.1, -0.05) is 32.9 Å². The molecule has 1 amide bonds. The van der Waals surface area contributed by atoms with E-state index in [-0.39, 0.29) is 25.1 Å². The van der Waals surface area contributed by atoms with Crippen LogP contribution in [0.2, 0.25) is 0 Å². The van der Waals surface area contributed by atoms with Crippen LogP contribution in [-0.2, 0) is 17.6 Å². The first-order valence-electron chi connectivity index (χ1n) is 10.8. The normalized spacial score (nSPS) is 14.8. The van der Waals surface area contributed by atoms with E-state index in [0.717, 1.165) is 22.3 Å². The maximum absolute atomic E-state index is 14.9. The number of phenolic OH excluding ortho intramolecular Hbond substituents is 1. The molecule has 0 saturated carbocycles. The van der Waals surface area contributed by atoms with Crippen molar-refractivity contribution in [2.24, 2.45) is 0 Å². The van der Waals surface area contributed by atoms with Gasteiger partial charge in [-0.05, 0) is 71.8 Å². The number of hydrogen-bond acceptors (Lipinski definition) is 4. The molecular weight excluding hydrogens is 475 g/mol. The van der Waals surface area contributed by atoms with Crippen molar-refractivity contribution in [2.45, 2.75) is 53.9 Å². The van der Waals surface area contributed by atoms with Gasteiger partial charge in [-0.3, -0.25) is 4.98 Å². The number of halogens is 2. The fourth-order valence-corrected chi connectivity index (χ4v) is 4.49. The molecular formula is C25H32BrFN2O3. The van der Waals surface area contributed by atoms with Crippen molar-refractivity contribution >= 4 is 27.6 Å². The van der Waals surface area contributed by atoms with E-state index in [9.17, 15) is 14.3 Å². The lowest BCUT2D eigenvalue weighted by Gasteiger charge is -2.29. The highest BCUT2D eigenvalue weighted by Gasteiger charge is 2.28. The lowest BCUT2D eigenvalue weighted by Crippen LogP contribution is -2.37. The van der Waals surface area contributed by atoms with Crippen molar-refractivity contribution in [3.8, 4) is 5.75 Å². The Kier molecular flexibility index (Phi) is 9.25. The van der Waals surface area contributed by atoms with Crippen molar-refractivity contribution in [3.05, 3.63) is 62.6 Å². The van der Waals surface area contributed by atoms with Gasteiger partial charge in [0.1, 0.15) is 11.6 Å². The van der Waals surface area contributed by atoms with E-state index in [4.69, 9.17) is 4.74 Å². The molecule has 0 bridgehead atoms. The number of rotatable bonds is 1. The average molecular weight is 507 g/mol. The minimum Gasteiger partial charge on any atom is -0.508 e. The molecule has 0 unspecified atom stereocenters. The molecule has 174 valence electrons. The number of piperidine rings is 1. The highest BCUT2D eigenvalue weighted by atomic mass is 79.9. The molecule has 1 N–H and O–H groups in total. The highest BCUT2D eigenvalue weighted by molar-refractivity contribution is 9.10. The maximum Gasteiger partial charge on any atom is 0.409 e. The van der Waals surface area contributed by atoms with E-state index in [1.54, 1.807) is 24.0 Å². The molecule has 1 aliphatic carbocycles. The number of nitrogens with zero attached hydrogens (tertiary/aromatic N) is 2. The largest absolute Gasteiger partial charge is 0.508 e. The second-order valence-corrected chi connectivity index (χ2v) is 8.11. The van der Waals surface area contributed by atoms with E-state index in [1.807, 2.05) is 19.9 Å². The van der Waals surface area contributed by atoms with Crippen LogP contribution in [0.5, 0.6) is 5.75 Å². The van der Waals surface area contributed by atoms with Crippen LogP contribution in [0.3, 0.4) is 0 Å². The molecule has 7 heteroatoms. The van der Waals surface area contributed by atoms with Gasteiger partial charge in [-0.2, -0.15) is 0 Å². The molecule has 2 aliphatic rings. The summed E-state index contributed by atoms with van der Waals surface area (Å²) in [4.78, 5) is 18.3. The molecule has 1 aliphatic heterocycles. The number of amides is 1. The lowest BCUT2D eigenvalue weighted by atomic mass is 9.88. The van der Waals surface area contributed by atoms with E-state index >= 15 is 0 Å². The van der Waals surface area contributed by atoms with Gasteiger partial charge in [0.05, 0.1) is 16.8 Å². The van der Waals surface area contributed by atoms with Crippen molar-refractivity contribution < 1.29 is 19.0 Å². The second kappa shape index (κ2) is 11.5. The highest BCUT2D eigenvalue weighted by Crippen LogP contribution is 2.40. The first kappa shape index (κ1) is 25.8.